The third-order valence-electron chi connectivity index (χ3n) is 4.58. The van der Waals surface area contributed by atoms with Crippen LogP contribution >= 0.6 is 0 Å². The summed E-state index contributed by atoms with van der Waals surface area (Å²) in [5.41, 5.74) is 3.23. The third kappa shape index (κ3) is 3.76. The summed E-state index contributed by atoms with van der Waals surface area (Å²) in [4.78, 5) is 27.6. The van der Waals surface area contributed by atoms with E-state index in [9.17, 15) is 9.59 Å². The number of ether oxygens (including phenoxy) is 2. The van der Waals surface area contributed by atoms with Crippen LogP contribution in [0.5, 0.6) is 11.5 Å². The number of aromatic nitrogens is 1. The van der Waals surface area contributed by atoms with Crippen molar-refractivity contribution in [1.82, 2.24) is 10.3 Å². The van der Waals surface area contributed by atoms with Crippen LogP contribution in [0.1, 0.15) is 21.5 Å². The van der Waals surface area contributed by atoms with Gasteiger partial charge in [0.2, 0.25) is 0 Å². The predicted octanol–water partition coefficient (Wildman–Crippen LogP) is 3.05. The molecular weight excluding hydrogens is 356 g/mol. The van der Waals surface area contributed by atoms with Gasteiger partial charge >= 0.3 is 0 Å². The fourth-order valence-corrected chi connectivity index (χ4v) is 3.03. The van der Waals surface area contributed by atoms with Crippen molar-refractivity contribution in [2.75, 3.05) is 13.2 Å². The van der Waals surface area contributed by atoms with Gasteiger partial charge in [0.1, 0.15) is 18.8 Å². The molecule has 0 unspecified atom stereocenters. The molecule has 1 aliphatic rings. The van der Waals surface area contributed by atoms with Crippen LogP contribution in [0.2, 0.25) is 0 Å². The highest BCUT2D eigenvalue weighted by Gasteiger charge is 2.14. The number of benzene rings is 2. The highest BCUT2D eigenvalue weighted by molar-refractivity contribution is 5.94. The Hall–Kier alpha value is -3.54. The number of hydrogen-bond acceptors (Lipinski definition) is 4. The molecule has 6 heteroatoms. The molecule has 6 nitrogen and oxygen atoms in total. The molecule has 0 spiro atoms. The Balaban J connectivity index is 1.46. The Kier molecular flexibility index (Phi) is 4.85. The number of carbonyl (C=O) groups excluding carboxylic acids is 1. The topological polar surface area (TPSA) is 80.4 Å². The van der Waals surface area contributed by atoms with Gasteiger partial charge in [-0.2, -0.15) is 0 Å². The number of aryl methyl sites for hydroxylation is 1. The molecule has 0 atom stereocenters. The van der Waals surface area contributed by atoms with Crippen LogP contribution in [0, 0.1) is 6.92 Å². The highest BCUT2D eigenvalue weighted by Crippen LogP contribution is 2.30. The summed E-state index contributed by atoms with van der Waals surface area (Å²) in [5.74, 6) is 0.939. The number of hydrogen-bond donors (Lipinski definition) is 2. The average Bonchev–Trinajstić information content (AvgIpc) is 2.72. The maximum Gasteiger partial charge on any atom is 0.261 e. The minimum Gasteiger partial charge on any atom is -0.486 e. The lowest BCUT2D eigenvalue weighted by atomic mass is 10.1. The molecule has 0 saturated heterocycles. The van der Waals surface area contributed by atoms with E-state index in [1.165, 1.54) is 0 Å². The van der Waals surface area contributed by atoms with Gasteiger partial charge in [-0.1, -0.05) is 35.9 Å². The van der Waals surface area contributed by atoms with Gasteiger partial charge in [0.05, 0.1) is 0 Å². The maximum atomic E-state index is 12.4. The van der Waals surface area contributed by atoms with Crippen molar-refractivity contribution < 1.29 is 14.3 Å². The van der Waals surface area contributed by atoms with Crippen molar-refractivity contribution >= 4 is 5.91 Å². The van der Waals surface area contributed by atoms with Crippen molar-refractivity contribution in [3.63, 3.8) is 0 Å². The van der Waals surface area contributed by atoms with Gasteiger partial charge in [-0.3, -0.25) is 9.59 Å². The van der Waals surface area contributed by atoms with Crippen molar-refractivity contribution in [3.8, 4) is 22.8 Å². The number of carbonyl (C=O) groups is 1. The molecule has 2 heterocycles. The lowest BCUT2D eigenvalue weighted by Gasteiger charge is -2.18. The first-order valence-electron chi connectivity index (χ1n) is 9.07. The second kappa shape index (κ2) is 7.60. The molecule has 0 bridgehead atoms. The zero-order valence-corrected chi connectivity index (χ0v) is 15.5. The number of rotatable bonds is 4. The summed E-state index contributed by atoms with van der Waals surface area (Å²) < 4.78 is 11.0. The van der Waals surface area contributed by atoms with Gasteiger partial charge in [-0.05, 0) is 42.3 Å². The van der Waals surface area contributed by atoms with Crippen LogP contribution in [0.3, 0.4) is 0 Å². The molecule has 2 aromatic carbocycles. The van der Waals surface area contributed by atoms with Crippen molar-refractivity contribution in [2.24, 2.45) is 0 Å². The first-order valence-corrected chi connectivity index (χ1v) is 9.07. The SMILES string of the molecule is Cc1ccc(-c2ccc(C(=O)NCc3ccc4c(c3)OCCO4)c(=O)[nH]2)cc1. The van der Waals surface area contributed by atoms with Gasteiger partial charge in [-0.25, -0.2) is 0 Å². The van der Waals surface area contributed by atoms with E-state index in [0.29, 0.717) is 30.4 Å². The van der Waals surface area contributed by atoms with Crippen molar-refractivity contribution in [1.29, 1.82) is 0 Å². The summed E-state index contributed by atoms with van der Waals surface area (Å²) in [6, 6.07) is 16.6. The van der Waals surface area contributed by atoms with Gasteiger partial charge < -0.3 is 19.8 Å². The molecule has 1 aliphatic heterocycles. The second-order valence-corrected chi connectivity index (χ2v) is 6.64. The lowest BCUT2D eigenvalue weighted by Crippen LogP contribution is -2.29. The highest BCUT2D eigenvalue weighted by atomic mass is 16.6. The summed E-state index contributed by atoms with van der Waals surface area (Å²) in [6.45, 7) is 3.33. The standard InChI is InChI=1S/C22H20N2O4/c1-14-2-5-16(6-3-14)18-8-7-17(22(26)24-18)21(25)23-13-15-4-9-19-20(12-15)28-11-10-27-19/h2-9,12H,10-11,13H2,1H3,(H,23,25)(H,24,26). The molecule has 4 rings (SSSR count). The molecule has 28 heavy (non-hydrogen) atoms. The molecule has 1 amide bonds. The Morgan fingerprint density at radius 2 is 1.75 bits per heavy atom. The molecule has 0 fully saturated rings. The van der Waals surface area contributed by atoms with Crippen LogP contribution in [0.4, 0.5) is 0 Å². The van der Waals surface area contributed by atoms with Crippen LogP contribution in [0.15, 0.2) is 59.4 Å². The average molecular weight is 376 g/mol. The molecule has 0 aliphatic carbocycles. The third-order valence-corrected chi connectivity index (χ3v) is 4.58. The van der Waals surface area contributed by atoms with Gasteiger partial charge in [0.25, 0.3) is 11.5 Å². The first kappa shape index (κ1) is 17.9. The minimum absolute atomic E-state index is 0.0772. The zero-order valence-electron chi connectivity index (χ0n) is 15.5. The van der Waals surface area contributed by atoms with E-state index in [0.717, 1.165) is 16.7 Å². The quantitative estimate of drug-likeness (QED) is 0.733. The molecule has 3 aromatic rings. The van der Waals surface area contributed by atoms with Gasteiger partial charge in [0, 0.05) is 12.2 Å². The minimum atomic E-state index is -0.424. The van der Waals surface area contributed by atoms with Crippen LogP contribution in [0.25, 0.3) is 11.3 Å². The molecule has 1 aromatic heterocycles. The van der Waals surface area contributed by atoms with Crippen LogP contribution < -0.4 is 20.3 Å². The van der Waals surface area contributed by atoms with E-state index in [4.69, 9.17) is 9.47 Å². The number of aromatic amines is 1. The Morgan fingerprint density at radius 3 is 2.50 bits per heavy atom. The number of fused-ring (bicyclic) bond motifs is 1. The van der Waals surface area contributed by atoms with E-state index in [1.807, 2.05) is 49.4 Å². The van der Waals surface area contributed by atoms with Crippen LogP contribution in [-0.4, -0.2) is 24.1 Å². The predicted molar refractivity (Wildman–Crippen MR) is 106 cm³/mol. The van der Waals surface area contributed by atoms with E-state index in [-0.39, 0.29) is 12.1 Å². The second-order valence-electron chi connectivity index (χ2n) is 6.64. The smallest absolute Gasteiger partial charge is 0.261 e. The van der Waals surface area contributed by atoms with E-state index >= 15 is 0 Å². The Bertz CT molecular complexity index is 1070. The number of pyridine rings is 1. The fourth-order valence-electron chi connectivity index (χ4n) is 3.03. The maximum absolute atomic E-state index is 12.4. The molecule has 0 saturated carbocycles. The largest absolute Gasteiger partial charge is 0.486 e. The van der Waals surface area contributed by atoms with E-state index in [1.54, 1.807) is 12.1 Å². The summed E-state index contributed by atoms with van der Waals surface area (Å²) in [7, 11) is 0. The Labute approximate surface area is 162 Å². The number of nitrogens with one attached hydrogen (secondary N) is 2. The zero-order chi connectivity index (χ0) is 19.5. The van der Waals surface area contributed by atoms with Crippen LogP contribution in [-0.2, 0) is 6.54 Å². The monoisotopic (exact) mass is 376 g/mol. The van der Waals surface area contributed by atoms with Crippen molar-refractivity contribution in [3.05, 3.63) is 81.6 Å². The Morgan fingerprint density at radius 1 is 1.00 bits per heavy atom. The number of H-pyrrole nitrogens is 1. The molecule has 142 valence electrons. The van der Waals surface area contributed by atoms with E-state index in [2.05, 4.69) is 10.3 Å². The lowest BCUT2D eigenvalue weighted by molar-refractivity contribution is 0.0949. The number of amides is 1. The summed E-state index contributed by atoms with van der Waals surface area (Å²) in [5, 5.41) is 2.77. The molecule has 2 N–H and O–H groups in total. The first-order chi connectivity index (χ1) is 13.6. The molecule has 0 radical (unpaired) electrons. The summed E-state index contributed by atoms with van der Waals surface area (Å²) >= 11 is 0. The van der Waals surface area contributed by atoms with E-state index < -0.39 is 11.5 Å². The molecular formula is C22H20N2O4. The summed E-state index contributed by atoms with van der Waals surface area (Å²) in [6.07, 6.45) is 0. The normalized spacial score (nSPS) is 12.5. The van der Waals surface area contributed by atoms with Crippen molar-refractivity contribution in [2.45, 2.75) is 13.5 Å². The van der Waals surface area contributed by atoms with Gasteiger partial charge in [0.15, 0.2) is 11.5 Å². The fraction of sp³-hybridized carbons (Fsp3) is 0.182. The van der Waals surface area contributed by atoms with Gasteiger partial charge in [-0.15, -0.1) is 0 Å².